The van der Waals surface area contributed by atoms with Gasteiger partial charge >= 0.3 is 0 Å². The molecule has 1 aromatic carbocycles. The number of hydrogen-bond donors (Lipinski definition) is 0. The minimum Gasteiger partial charge on any atom is -0.467 e. The molecule has 21 heavy (non-hydrogen) atoms. The quantitative estimate of drug-likeness (QED) is 0.788. The SMILES string of the molecule is CN1CC2CN(C3OCOc4ccccc43)CC2C1.Cl.Cl. The summed E-state index contributed by atoms with van der Waals surface area (Å²) in [7, 11) is 2.23. The van der Waals surface area contributed by atoms with Crippen LogP contribution in [0.5, 0.6) is 5.75 Å². The molecule has 3 aliphatic rings. The van der Waals surface area contributed by atoms with E-state index in [1.165, 1.54) is 18.7 Å². The van der Waals surface area contributed by atoms with Crippen LogP contribution in [0.3, 0.4) is 0 Å². The number of rotatable bonds is 1. The highest BCUT2D eigenvalue weighted by Gasteiger charge is 2.42. The highest BCUT2D eigenvalue weighted by molar-refractivity contribution is 5.85. The predicted molar refractivity (Wildman–Crippen MR) is 86.3 cm³/mol. The Morgan fingerprint density at radius 2 is 1.67 bits per heavy atom. The molecule has 0 saturated carbocycles. The molecule has 118 valence electrons. The molecular weight excluding hydrogens is 311 g/mol. The van der Waals surface area contributed by atoms with E-state index in [9.17, 15) is 0 Å². The van der Waals surface area contributed by atoms with Gasteiger partial charge in [-0.25, -0.2) is 0 Å². The van der Waals surface area contributed by atoms with Crippen molar-refractivity contribution in [3.05, 3.63) is 29.8 Å². The fourth-order valence-corrected chi connectivity index (χ4v) is 3.83. The van der Waals surface area contributed by atoms with Crippen LogP contribution in [0, 0.1) is 11.8 Å². The lowest BCUT2D eigenvalue weighted by Gasteiger charge is -2.33. The number of fused-ring (bicyclic) bond motifs is 2. The molecule has 0 N–H and O–H groups in total. The van der Waals surface area contributed by atoms with Gasteiger partial charge in [0.2, 0.25) is 0 Å². The molecule has 2 saturated heterocycles. The molecule has 0 amide bonds. The maximum absolute atomic E-state index is 5.87. The second kappa shape index (κ2) is 6.71. The van der Waals surface area contributed by atoms with Gasteiger partial charge in [-0.05, 0) is 24.9 Å². The van der Waals surface area contributed by atoms with Crippen LogP contribution in [0.25, 0.3) is 0 Å². The van der Waals surface area contributed by atoms with Gasteiger partial charge in [0.15, 0.2) is 6.79 Å². The smallest absolute Gasteiger partial charge is 0.191 e. The third kappa shape index (κ3) is 3.01. The van der Waals surface area contributed by atoms with E-state index < -0.39 is 0 Å². The predicted octanol–water partition coefficient (Wildman–Crippen LogP) is 2.39. The molecule has 2 fully saturated rings. The van der Waals surface area contributed by atoms with Gasteiger partial charge in [0.05, 0.1) is 0 Å². The van der Waals surface area contributed by atoms with Crippen molar-refractivity contribution in [2.75, 3.05) is 40.0 Å². The summed E-state index contributed by atoms with van der Waals surface area (Å²) in [6, 6.07) is 8.25. The highest BCUT2D eigenvalue weighted by atomic mass is 35.5. The van der Waals surface area contributed by atoms with Gasteiger partial charge in [0.25, 0.3) is 0 Å². The van der Waals surface area contributed by atoms with Gasteiger partial charge in [-0.3, -0.25) is 4.90 Å². The van der Waals surface area contributed by atoms with Crippen LogP contribution >= 0.6 is 24.8 Å². The molecule has 0 aliphatic carbocycles. The summed E-state index contributed by atoms with van der Waals surface area (Å²) in [6.45, 7) is 5.12. The average molecular weight is 333 g/mol. The van der Waals surface area contributed by atoms with Crippen LogP contribution in [-0.4, -0.2) is 49.8 Å². The Hall–Kier alpha value is -0.520. The summed E-state index contributed by atoms with van der Waals surface area (Å²) < 4.78 is 11.4. The molecule has 3 atom stereocenters. The molecule has 6 heteroatoms. The van der Waals surface area contributed by atoms with Gasteiger partial charge < -0.3 is 14.4 Å². The minimum atomic E-state index is 0. The van der Waals surface area contributed by atoms with Crippen LogP contribution < -0.4 is 4.74 Å². The van der Waals surface area contributed by atoms with E-state index >= 15 is 0 Å². The number of benzene rings is 1. The largest absolute Gasteiger partial charge is 0.467 e. The molecule has 0 spiro atoms. The first-order chi connectivity index (χ1) is 9.31. The normalized spacial score (nSPS) is 31.6. The standard InChI is InChI=1S/C15H20N2O2.2ClH/c1-16-6-11-8-17(9-12(11)7-16)15-13-4-2-3-5-14(13)18-10-19-15;;/h2-5,11-12,15H,6-10H2,1H3;2*1H. The van der Waals surface area contributed by atoms with Crippen LogP contribution in [0.2, 0.25) is 0 Å². The van der Waals surface area contributed by atoms with Gasteiger partial charge in [-0.2, -0.15) is 0 Å². The van der Waals surface area contributed by atoms with Crippen molar-refractivity contribution in [1.82, 2.24) is 9.80 Å². The van der Waals surface area contributed by atoms with Crippen molar-refractivity contribution in [2.24, 2.45) is 11.8 Å². The van der Waals surface area contributed by atoms with Crippen molar-refractivity contribution in [2.45, 2.75) is 6.23 Å². The van der Waals surface area contributed by atoms with Crippen molar-refractivity contribution < 1.29 is 9.47 Å². The molecule has 4 nitrogen and oxygen atoms in total. The molecule has 0 radical (unpaired) electrons. The lowest BCUT2D eigenvalue weighted by atomic mass is 10.0. The minimum absolute atomic E-state index is 0. The van der Waals surface area contributed by atoms with Crippen LogP contribution in [0.15, 0.2) is 24.3 Å². The number of hydrogen-bond acceptors (Lipinski definition) is 4. The third-order valence-corrected chi connectivity index (χ3v) is 4.65. The van der Waals surface area contributed by atoms with Crippen molar-refractivity contribution in [3.8, 4) is 5.75 Å². The van der Waals surface area contributed by atoms with E-state index in [4.69, 9.17) is 9.47 Å². The Labute approximate surface area is 138 Å². The monoisotopic (exact) mass is 332 g/mol. The fourth-order valence-electron chi connectivity index (χ4n) is 3.83. The molecule has 3 aliphatic heterocycles. The van der Waals surface area contributed by atoms with Crippen molar-refractivity contribution in [1.29, 1.82) is 0 Å². The van der Waals surface area contributed by atoms with E-state index in [1.54, 1.807) is 0 Å². The number of nitrogens with zero attached hydrogens (tertiary/aromatic N) is 2. The number of halogens is 2. The van der Waals surface area contributed by atoms with E-state index in [0.717, 1.165) is 30.7 Å². The first-order valence-corrected chi connectivity index (χ1v) is 7.07. The first kappa shape index (κ1) is 16.8. The summed E-state index contributed by atoms with van der Waals surface area (Å²) in [6.07, 6.45) is 0.0841. The molecular formula is C15H22Cl2N2O2. The number of para-hydroxylation sites is 1. The summed E-state index contributed by atoms with van der Waals surface area (Å²) in [5.41, 5.74) is 1.18. The van der Waals surface area contributed by atoms with Gasteiger partial charge in [0, 0.05) is 31.7 Å². The van der Waals surface area contributed by atoms with Crippen molar-refractivity contribution >= 4 is 24.8 Å². The van der Waals surface area contributed by atoms with E-state index in [1.807, 2.05) is 12.1 Å². The first-order valence-electron chi connectivity index (χ1n) is 7.07. The second-order valence-electron chi connectivity index (χ2n) is 6.01. The Kier molecular flexibility index (Phi) is 5.38. The third-order valence-electron chi connectivity index (χ3n) is 4.65. The summed E-state index contributed by atoms with van der Waals surface area (Å²) in [4.78, 5) is 4.94. The molecule has 1 aromatic rings. The Morgan fingerprint density at radius 3 is 2.38 bits per heavy atom. The molecule has 3 unspecified atom stereocenters. The second-order valence-corrected chi connectivity index (χ2v) is 6.01. The van der Waals surface area contributed by atoms with Crippen molar-refractivity contribution in [3.63, 3.8) is 0 Å². The summed E-state index contributed by atoms with van der Waals surface area (Å²) in [5, 5.41) is 0. The van der Waals surface area contributed by atoms with E-state index in [0.29, 0.717) is 6.79 Å². The average Bonchev–Trinajstić information content (AvgIpc) is 2.95. The zero-order valence-electron chi connectivity index (χ0n) is 12.1. The molecule has 4 rings (SSSR count). The fraction of sp³-hybridized carbons (Fsp3) is 0.600. The lowest BCUT2D eigenvalue weighted by molar-refractivity contribution is -0.127. The molecule has 0 bridgehead atoms. The molecule has 0 aromatic heterocycles. The maximum atomic E-state index is 5.87. The highest BCUT2D eigenvalue weighted by Crippen LogP contribution is 2.39. The zero-order valence-corrected chi connectivity index (χ0v) is 13.7. The number of likely N-dealkylation sites (tertiary alicyclic amines) is 2. The Bertz CT molecular complexity index is 474. The summed E-state index contributed by atoms with van der Waals surface area (Å²) in [5.74, 6) is 2.60. The van der Waals surface area contributed by atoms with Crippen LogP contribution in [0.1, 0.15) is 11.8 Å². The lowest BCUT2D eigenvalue weighted by Crippen LogP contribution is -2.34. The summed E-state index contributed by atoms with van der Waals surface area (Å²) >= 11 is 0. The van der Waals surface area contributed by atoms with Crippen LogP contribution in [0.4, 0.5) is 0 Å². The Morgan fingerprint density at radius 1 is 1.00 bits per heavy atom. The van der Waals surface area contributed by atoms with Gasteiger partial charge in [0.1, 0.15) is 12.0 Å². The van der Waals surface area contributed by atoms with Crippen LogP contribution in [-0.2, 0) is 4.74 Å². The number of ether oxygens (including phenoxy) is 2. The molecule has 3 heterocycles. The van der Waals surface area contributed by atoms with E-state index in [-0.39, 0.29) is 31.0 Å². The topological polar surface area (TPSA) is 24.9 Å². The zero-order chi connectivity index (χ0) is 12.8. The van der Waals surface area contributed by atoms with Gasteiger partial charge in [-0.1, -0.05) is 18.2 Å². The Balaban J connectivity index is 0.000000807. The van der Waals surface area contributed by atoms with E-state index in [2.05, 4.69) is 29.0 Å². The maximum Gasteiger partial charge on any atom is 0.191 e. The van der Waals surface area contributed by atoms with Gasteiger partial charge in [-0.15, -0.1) is 24.8 Å².